The van der Waals surface area contributed by atoms with Crippen LogP contribution in [0.1, 0.15) is 168 Å². The molecule has 1 heterocycles. The molecule has 2 rings (SSSR count). The molecular formula is C47H82O17P2. The van der Waals surface area contributed by atoms with Gasteiger partial charge >= 0.3 is 27.6 Å². The summed E-state index contributed by atoms with van der Waals surface area (Å²) in [4.78, 5) is 54.4. The standard InChI is InChI=1S/C47H82O17P2/c1-3-5-7-9-11-13-15-17-18-19-21-23-25-27-29-33-40(48)59-35-37(36-60-66(57,58)64-47-44(52)42(50)43(51)46(45(47)53)63-65(54,55)56)61-41(49)34-30-32-39-38(62-39)31-28-26-24-22-20-16-14-12-10-8-6-4-2/h12-15,20,22,26,28,37-39,42-47,50-53H,3-11,16-19,21,23-25,27,29-36H2,1-2H3,(H,57,58)(H2,54,55,56)/b14-12-,15-13-,22-20-,28-26-/t37-,38?,39?,42?,43?,44?,45?,46-,47+/m1/s1. The van der Waals surface area contributed by atoms with Gasteiger partial charge in [-0.3, -0.25) is 23.2 Å². The van der Waals surface area contributed by atoms with Gasteiger partial charge in [-0.1, -0.05) is 127 Å². The van der Waals surface area contributed by atoms with E-state index >= 15 is 0 Å². The van der Waals surface area contributed by atoms with E-state index in [-0.39, 0.29) is 25.0 Å². The minimum absolute atomic E-state index is 0.0118. The Bertz CT molecular complexity index is 1530. The molecule has 0 aromatic carbocycles. The van der Waals surface area contributed by atoms with Gasteiger partial charge in [0, 0.05) is 12.8 Å². The number of carbonyl (C=O) groups is 2. The molecule has 17 nitrogen and oxygen atoms in total. The maximum Gasteiger partial charge on any atom is 0.472 e. The molecule has 1 aliphatic carbocycles. The molecule has 0 bridgehead atoms. The second-order valence-electron chi connectivity index (χ2n) is 17.2. The van der Waals surface area contributed by atoms with Gasteiger partial charge in [-0.25, -0.2) is 9.13 Å². The van der Waals surface area contributed by atoms with E-state index < -0.39 is 83.5 Å². The lowest BCUT2D eigenvalue weighted by Gasteiger charge is -2.43. The average molecular weight is 981 g/mol. The summed E-state index contributed by atoms with van der Waals surface area (Å²) in [6, 6.07) is 0. The molecule has 0 amide bonds. The molecule has 7 unspecified atom stereocenters. The van der Waals surface area contributed by atoms with E-state index in [1.54, 1.807) is 0 Å². The fraction of sp³-hybridized carbons (Fsp3) is 0.787. The Hall–Kier alpha value is -2.08. The van der Waals surface area contributed by atoms with E-state index in [9.17, 15) is 53.8 Å². The van der Waals surface area contributed by atoms with Crippen molar-refractivity contribution in [3.63, 3.8) is 0 Å². The van der Waals surface area contributed by atoms with Gasteiger partial charge in [0.05, 0.1) is 18.8 Å². The third-order valence-electron chi connectivity index (χ3n) is 11.3. The summed E-state index contributed by atoms with van der Waals surface area (Å²) >= 11 is 0. The highest BCUT2D eigenvalue weighted by molar-refractivity contribution is 7.47. The second kappa shape index (κ2) is 35.1. The normalized spacial score (nSPS) is 25.0. The maximum absolute atomic E-state index is 13.0. The molecule has 10 atom stereocenters. The molecule has 2 fully saturated rings. The van der Waals surface area contributed by atoms with Gasteiger partial charge < -0.3 is 49.3 Å². The molecule has 1 saturated carbocycles. The van der Waals surface area contributed by atoms with Crippen LogP contribution in [0.2, 0.25) is 0 Å². The lowest BCUT2D eigenvalue weighted by atomic mass is 9.85. The van der Waals surface area contributed by atoms with Crippen LogP contribution in [0.25, 0.3) is 0 Å². The second-order valence-corrected chi connectivity index (χ2v) is 19.8. The molecule has 1 aliphatic heterocycles. The van der Waals surface area contributed by atoms with E-state index in [1.807, 2.05) is 0 Å². The lowest BCUT2D eigenvalue weighted by molar-refractivity contribution is -0.216. The van der Waals surface area contributed by atoms with Gasteiger partial charge in [0.1, 0.15) is 43.2 Å². The Morgan fingerprint density at radius 3 is 1.68 bits per heavy atom. The smallest absolute Gasteiger partial charge is 0.462 e. The van der Waals surface area contributed by atoms with Gasteiger partial charge in [-0.2, -0.15) is 0 Å². The monoisotopic (exact) mass is 981 g/mol. The Kier molecular flexibility index (Phi) is 31.9. The Morgan fingerprint density at radius 1 is 0.561 bits per heavy atom. The number of phosphoric acid groups is 2. The summed E-state index contributed by atoms with van der Waals surface area (Å²) < 4.78 is 55.2. The molecular weight excluding hydrogens is 898 g/mol. The van der Waals surface area contributed by atoms with E-state index in [2.05, 4.69) is 67.0 Å². The fourth-order valence-electron chi connectivity index (χ4n) is 7.40. The highest BCUT2D eigenvalue weighted by Gasteiger charge is 2.54. The van der Waals surface area contributed by atoms with Gasteiger partial charge in [0.15, 0.2) is 6.10 Å². The van der Waals surface area contributed by atoms with Crippen molar-refractivity contribution < 1.29 is 81.6 Å². The number of carbonyl (C=O) groups excluding carboxylic acids is 2. The van der Waals surface area contributed by atoms with Gasteiger partial charge in [0.25, 0.3) is 0 Å². The molecule has 19 heteroatoms. The summed E-state index contributed by atoms with van der Waals surface area (Å²) in [6.45, 7) is 3.00. The van der Waals surface area contributed by atoms with Crippen LogP contribution in [0.3, 0.4) is 0 Å². The number of phosphoric ester groups is 2. The van der Waals surface area contributed by atoms with Crippen molar-refractivity contribution >= 4 is 27.6 Å². The number of aliphatic hydroxyl groups excluding tert-OH is 4. The maximum atomic E-state index is 13.0. The number of epoxide rings is 1. The molecule has 0 radical (unpaired) electrons. The first-order chi connectivity index (χ1) is 31.6. The van der Waals surface area contributed by atoms with E-state index in [1.165, 1.54) is 44.9 Å². The molecule has 7 N–H and O–H groups in total. The minimum atomic E-state index is -5.38. The SMILES string of the molecule is CCCCC/C=C\C/C=C\C/C=C\CC1OC1CCCC(=O)O[C@H](COC(=O)CCCCCCCCC/C=C\CCCCCC)COP(=O)(O)O[C@H]1C(O)C(O)C(O)[C@@H](OP(=O)(O)O)C1O. The van der Waals surface area contributed by atoms with E-state index in [0.717, 1.165) is 77.0 Å². The van der Waals surface area contributed by atoms with Crippen molar-refractivity contribution in [3.05, 3.63) is 48.6 Å². The van der Waals surface area contributed by atoms with Crippen LogP contribution in [0, 0.1) is 0 Å². The van der Waals surface area contributed by atoms with Crippen LogP contribution in [0.5, 0.6) is 0 Å². The topological polar surface area (TPSA) is 269 Å². The molecule has 0 aromatic rings. The summed E-state index contributed by atoms with van der Waals surface area (Å²) in [5.74, 6) is -1.29. The number of allylic oxidation sites excluding steroid dienone is 7. The summed E-state index contributed by atoms with van der Waals surface area (Å²) in [6.07, 6.45) is 25.0. The number of aliphatic hydroxyl groups is 4. The first-order valence-corrected chi connectivity index (χ1v) is 27.3. The lowest BCUT2D eigenvalue weighted by Crippen LogP contribution is -2.64. The largest absolute Gasteiger partial charge is 0.472 e. The molecule has 382 valence electrons. The van der Waals surface area contributed by atoms with Gasteiger partial charge in [-0.05, 0) is 77.0 Å². The van der Waals surface area contributed by atoms with E-state index in [0.29, 0.717) is 19.3 Å². The zero-order chi connectivity index (χ0) is 48.6. The number of hydrogen-bond acceptors (Lipinski definition) is 14. The van der Waals surface area contributed by atoms with Crippen LogP contribution in [-0.2, 0) is 46.5 Å². The van der Waals surface area contributed by atoms with Crippen molar-refractivity contribution in [3.8, 4) is 0 Å². The van der Waals surface area contributed by atoms with Crippen molar-refractivity contribution in [1.82, 2.24) is 0 Å². The highest BCUT2D eigenvalue weighted by atomic mass is 31.2. The zero-order valence-corrected chi connectivity index (χ0v) is 41.1. The molecule has 66 heavy (non-hydrogen) atoms. The minimum Gasteiger partial charge on any atom is -0.462 e. The quantitative estimate of drug-likeness (QED) is 0.0100. The van der Waals surface area contributed by atoms with Crippen LogP contribution < -0.4 is 0 Å². The third kappa shape index (κ3) is 28.4. The highest BCUT2D eigenvalue weighted by Crippen LogP contribution is 2.49. The summed E-state index contributed by atoms with van der Waals surface area (Å²) in [5, 5.41) is 41.3. The van der Waals surface area contributed by atoms with E-state index in [4.69, 9.17) is 23.3 Å². The molecule has 1 saturated heterocycles. The number of hydrogen-bond donors (Lipinski definition) is 7. The molecule has 0 spiro atoms. The Balaban J connectivity index is 1.83. The van der Waals surface area contributed by atoms with Crippen molar-refractivity contribution in [2.75, 3.05) is 13.2 Å². The molecule has 0 aromatic heterocycles. The fourth-order valence-corrected chi connectivity index (χ4v) is 8.94. The van der Waals surface area contributed by atoms with Crippen molar-refractivity contribution in [2.24, 2.45) is 0 Å². The average Bonchev–Trinajstić information content (AvgIpc) is 4.03. The van der Waals surface area contributed by atoms with Crippen molar-refractivity contribution in [2.45, 2.75) is 223 Å². The van der Waals surface area contributed by atoms with Gasteiger partial charge in [0.2, 0.25) is 0 Å². The van der Waals surface area contributed by atoms with Crippen LogP contribution in [0.4, 0.5) is 0 Å². The Labute approximate surface area is 392 Å². The van der Waals surface area contributed by atoms with Crippen molar-refractivity contribution in [1.29, 1.82) is 0 Å². The first kappa shape index (κ1) is 60.0. The van der Waals surface area contributed by atoms with Crippen LogP contribution >= 0.6 is 15.6 Å². The number of rotatable bonds is 39. The number of esters is 2. The third-order valence-corrected chi connectivity index (χ3v) is 12.8. The zero-order valence-electron chi connectivity index (χ0n) is 39.3. The summed E-state index contributed by atoms with van der Waals surface area (Å²) in [5.41, 5.74) is 0. The van der Waals surface area contributed by atoms with Crippen LogP contribution in [-0.4, -0.2) is 115 Å². The van der Waals surface area contributed by atoms with Crippen LogP contribution in [0.15, 0.2) is 48.6 Å². The number of unbranched alkanes of at least 4 members (excludes halogenated alkanes) is 14. The summed E-state index contributed by atoms with van der Waals surface area (Å²) in [7, 11) is -10.7. The molecule has 2 aliphatic rings. The van der Waals surface area contributed by atoms with Gasteiger partial charge in [-0.15, -0.1) is 0 Å². The predicted molar refractivity (Wildman–Crippen MR) is 250 cm³/mol. The predicted octanol–water partition coefficient (Wildman–Crippen LogP) is 8.27. The Morgan fingerprint density at radius 2 is 1.06 bits per heavy atom. The number of ether oxygens (including phenoxy) is 3. The first-order valence-electron chi connectivity index (χ1n) is 24.3.